The molecule has 6 nitrogen and oxygen atoms in total. The number of nitrogens with one attached hydrogen (secondary N) is 1. The first-order valence-electron chi connectivity index (χ1n) is 6.29. The summed E-state index contributed by atoms with van der Waals surface area (Å²) >= 11 is 0. The van der Waals surface area contributed by atoms with Gasteiger partial charge in [0.25, 0.3) is 0 Å². The van der Waals surface area contributed by atoms with Crippen molar-refractivity contribution in [1.82, 2.24) is 10.2 Å². The van der Waals surface area contributed by atoms with Crippen LogP contribution in [-0.4, -0.2) is 43.2 Å². The molecule has 1 atom stereocenters. The summed E-state index contributed by atoms with van der Waals surface area (Å²) in [6, 6.07) is 4.99. The number of carbonyl (C=O) groups is 1. The normalized spacial score (nSPS) is 16.9. The second-order valence-electron chi connectivity index (χ2n) is 4.42. The fourth-order valence-electron chi connectivity index (χ4n) is 1.93. The van der Waals surface area contributed by atoms with Gasteiger partial charge in [-0.25, -0.2) is 0 Å². The van der Waals surface area contributed by atoms with Gasteiger partial charge in [0, 0.05) is 13.1 Å². The van der Waals surface area contributed by atoms with Gasteiger partial charge in [0.2, 0.25) is 11.7 Å². The minimum absolute atomic E-state index is 0.0652. The van der Waals surface area contributed by atoms with Gasteiger partial charge in [-0.2, -0.15) is 5.26 Å². The summed E-state index contributed by atoms with van der Waals surface area (Å²) in [7, 11) is 0. The molecule has 1 saturated heterocycles. The van der Waals surface area contributed by atoms with Crippen LogP contribution in [0, 0.1) is 11.3 Å². The van der Waals surface area contributed by atoms with Crippen molar-refractivity contribution in [1.29, 1.82) is 5.26 Å². The molecule has 1 amide bonds. The van der Waals surface area contributed by atoms with E-state index in [1.165, 1.54) is 0 Å². The second-order valence-corrected chi connectivity index (χ2v) is 4.42. The summed E-state index contributed by atoms with van der Waals surface area (Å²) in [5.74, 6) is 0.998. The van der Waals surface area contributed by atoms with Gasteiger partial charge in [-0.1, -0.05) is 0 Å². The maximum Gasteiger partial charge on any atom is 0.239 e. The van der Waals surface area contributed by atoms with Crippen LogP contribution in [0.3, 0.4) is 0 Å². The molecule has 2 heterocycles. The number of nitrogens with zero attached hydrogens (tertiary/aromatic N) is 2. The Morgan fingerprint density at radius 3 is 2.89 bits per heavy atom. The number of carbonyl (C=O) groups excluding carboxylic acids is 1. The Labute approximate surface area is 111 Å². The number of furan rings is 1. The fraction of sp³-hybridized carbons (Fsp3) is 0.538. The zero-order valence-electron chi connectivity index (χ0n) is 10.9. The lowest BCUT2D eigenvalue weighted by Gasteiger charge is -2.29. The highest BCUT2D eigenvalue weighted by atomic mass is 16.5. The standard InChI is InChI=1S/C13H17N3O3/c1-10(13(17)16-4-6-18-7-5-16)15-9-12-3-2-11(8-14)19-12/h2-3,10,15H,4-7,9H2,1H3. The topological polar surface area (TPSA) is 78.5 Å². The molecular weight excluding hydrogens is 246 g/mol. The third-order valence-corrected chi connectivity index (χ3v) is 3.05. The van der Waals surface area contributed by atoms with Gasteiger partial charge in [0.05, 0.1) is 25.8 Å². The molecule has 1 N–H and O–H groups in total. The SMILES string of the molecule is CC(NCc1ccc(C#N)o1)C(=O)N1CCOCC1. The first kappa shape index (κ1) is 13.6. The van der Waals surface area contributed by atoms with Gasteiger partial charge in [0.1, 0.15) is 11.8 Å². The maximum absolute atomic E-state index is 12.1. The lowest BCUT2D eigenvalue weighted by molar-refractivity contribution is -0.137. The van der Waals surface area contributed by atoms with Crippen LogP contribution in [0.25, 0.3) is 0 Å². The molecule has 0 radical (unpaired) electrons. The monoisotopic (exact) mass is 263 g/mol. The third kappa shape index (κ3) is 3.56. The van der Waals surface area contributed by atoms with Gasteiger partial charge in [-0.05, 0) is 19.1 Å². The molecule has 1 unspecified atom stereocenters. The van der Waals surface area contributed by atoms with Crippen molar-refractivity contribution in [3.8, 4) is 6.07 Å². The molecule has 0 spiro atoms. The van der Waals surface area contributed by atoms with Crippen molar-refractivity contribution in [2.45, 2.75) is 19.5 Å². The van der Waals surface area contributed by atoms with Crippen molar-refractivity contribution in [2.24, 2.45) is 0 Å². The van der Waals surface area contributed by atoms with Crippen LogP contribution < -0.4 is 5.32 Å². The Morgan fingerprint density at radius 1 is 1.53 bits per heavy atom. The van der Waals surface area contributed by atoms with Crippen molar-refractivity contribution in [3.63, 3.8) is 0 Å². The quantitative estimate of drug-likeness (QED) is 0.855. The zero-order valence-corrected chi connectivity index (χ0v) is 10.9. The molecule has 6 heteroatoms. The zero-order chi connectivity index (χ0) is 13.7. The van der Waals surface area contributed by atoms with E-state index in [1.807, 2.05) is 13.0 Å². The summed E-state index contributed by atoms with van der Waals surface area (Å²) in [6.07, 6.45) is 0. The lowest BCUT2D eigenvalue weighted by Crippen LogP contribution is -2.49. The van der Waals surface area contributed by atoms with Gasteiger partial charge in [-0.3, -0.25) is 10.1 Å². The molecule has 0 bridgehead atoms. The molecule has 19 heavy (non-hydrogen) atoms. The molecule has 2 rings (SSSR count). The van der Waals surface area contributed by atoms with Gasteiger partial charge in [-0.15, -0.1) is 0 Å². The molecule has 102 valence electrons. The number of morpholine rings is 1. The first-order valence-corrected chi connectivity index (χ1v) is 6.29. The van der Waals surface area contributed by atoms with Crippen LogP contribution in [0.1, 0.15) is 18.4 Å². The van der Waals surface area contributed by atoms with E-state index >= 15 is 0 Å². The van der Waals surface area contributed by atoms with E-state index in [4.69, 9.17) is 14.4 Å². The fourth-order valence-corrected chi connectivity index (χ4v) is 1.93. The van der Waals surface area contributed by atoms with Gasteiger partial charge < -0.3 is 14.1 Å². The molecule has 0 saturated carbocycles. The Morgan fingerprint density at radius 2 is 2.26 bits per heavy atom. The number of nitriles is 1. The van der Waals surface area contributed by atoms with E-state index in [9.17, 15) is 4.79 Å². The minimum Gasteiger partial charge on any atom is -0.449 e. The lowest BCUT2D eigenvalue weighted by atomic mass is 10.2. The molecular formula is C13H17N3O3. The van der Waals surface area contributed by atoms with Crippen LogP contribution in [0.4, 0.5) is 0 Å². The van der Waals surface area contributed by atoms with E-state index in [0.29, 0.717) is 38.6 Å². The van der Waals surface area contributed by atoms with Crippen LogP contribution in [0.2, 0.25) is 0 Å². The highest BCUT2D eigenvalue weighted by Gasteiger charge is 2.22. The Balaban J connectivity index is 1.81. The first-order chi connectivity index (χ1) is 9.20. The Kier molecular flexibility index (Phi) is 4.55. The maximum atomic E-state index is 12.1. The van der Waals surface area contributed by atoms with E-state index in [-0.39, 0.29) is 17.7 Å². The largest absolute Gasteiger partial charge is 0.449 e. The van der Waals surface area contributed by atoms with E-state index in [1.54, 1.807) is 17.0 Å². The van der Waals surface area contributed by atoms with Crippen LogP contribution in [0.15, 0.2) is 16.5 Å². The molecule has 1 fully saturated rings. The highest BCUT2D eigenvalue weighted by Crippen LogP contribution is 2.07. The highest BCUT2D eigenvalue weighted by molar-refractivity contribution is 5.81. The molecule has 1 aromatic rings. The van der Waals surface area contributed by atoms with E-state index in [0.717, 1.165) is 0 Å². The van der Waals surface area contributed by atoms with Gasteiger partial charge in [0.15, 0.2) is 0 Å². The summed E-state index contributed by atoms with van der Waals surface area (Å²) in [4.78, 5) is 13.9. The smallest absolute Gasteiger partial charge is 0.239 e. The third-order valence-electron chi connectivity index (χ3n) is 3.05. The molecule has 1 aliphatic heterocycles. The average molecular weight is 263 g/mol. The Hall–Kier alpha value is -1.84. The average Bonchev–Trinajstić information content (AvgIpc) is 2.93. The van der Waals surface area contributed by atoms with Crippen molar-refractivity contribution in [3.05, 3.63) is 23.7 Å². The molecule has 1 aromatic heterocycles. The van der Waals surface area contributed by atoms with Crippen molar-refractivity contribution in [2.75, 3.05) is 26.3 Å². The second kappa shape index (κ2) is 6.36. The van der Waals surface area contributed by atoms with E-state index in [2.05, 4.69) is 5.32 Å². The number of hydrogen-bond donors (Lipinski definition) is 1. The summed E-state index contributed by atoms with van der Waals surface area (Å²) in [5.41, 5.74) is 0. The number of hydrogen-bond acceptors (Lipinski definition) is 5. The number of amides is 1. The van der Waals surface area contributed by atoms with Gasteiger partial charge >= 0.3 is 0 Å². The van der Waals surface area contributed by atoms with Crippen LogP contribution in [-0.2, 0) is 16.1 Å². The summed E-state index contributed by atoms with van der Waals surface area (Å²) in [5, 5.41) is 11.7. The number of ether oxygens (including phenoxy) is 1. The minimum atomic E-state index is -0.284. The number of rotatable bonds is 4. The summed E-state index contributed by atoms with van der Waals surface area (Å²) in [6.45, 7) is 4.74. The van der Waals surface area contributed by atoms with Crippen molar-refractivity contribution < 1.29 is 13.9 Å². The molecule has 1 aliphatic rings. The van der Waals surface area contributed by atoms with Crippen LogP contribution >= 0.6 is 0 Å². The molecule has 0 aromatic carbocycles. The van der Waals surface area contributed by atoms with Crippen molar-refractivity contribution >= 4 is 5.91 Å². The molecule has 0 aliphatic carbocycles. The Bertz CT molecular complexity index is 472. The summed E-state index contributed by atoms with van der Waals surface area (Å²) < 4.78 is 10.5. The van der Waals surface area contributed by atoms with Crippen LogP contribution in [0.5, 0.6) is 0 Å². The predicted octanol–water partition coefficient (Wildman–Crippen LogP) is 0.488. The predicted molar refractivity (Wildman–Crippen MR) is 67.1 cm³/mol. The van der Waals surface area contributed by atoms with E-state index < -0.39 is 0 Å².